The summed E-state index contributed by atoms with van der Waals surface area (Å²) in [5.74, 6) is 0.964. The van der Waals surface area contributed by atoms with E-state index in [9.17, 15) is 9.59 Å². The molecule has 1 N–H and O–H groups in total. The van der Waals surface area contributed by atoms with Crippen molar-refractivity contribution in [1.82, 2.24) is 10.2 Å². The van der Waals surface area contributed by atoms with Gasteiger partial charge in [0.1, 0.15) is 0 Å². The molecule has 96 valence electrons. The lowest BCUT2D eigenvalue weighted by molar-refractivity contribution is -0.138. The van der Waals surface area contributed by atoms with E-state index in [0.717, 1.165) is 6.42 Å². The van der Waals surface area contributed by atoms with E-state index in [-0.39, 0.29) is 11.8 Å². The first kappa shape index (κ1) is 12.6. The maximum absolute atomic E-state index is 11.4. The van der Waals surface area contributed by atoms with E-state index in [0.29, 0.717) is 31.0 Å². The minimum absolute atomic E-state index is 0.144. The van der Waals surface area contributed by atoms with Crippen LogP contribution in [0.25, 0.3) is 0 Å². The summed E-state index contributed by atoms with van der Waals surface area (Å²) >= 11 is 0. The molecule has 1 aliphatic carbocycles. The van der Waals surface area contributed by atoms with E-state index >= 15 is 0 Å². The highest BCUT2D eigenvalue weighted by Crippen LogP contribution is 2.33. The van der Waals surface area contributed by atoms with Gasteiger partial charge in [0.15, 0.2) is 0 Å². The molecule has 2 aliphatic rings. The Morgan fingerprint density at radius 2 is 1.71 bits per heavy atom. The fourth-order valence-corrected chi connectivity index (χ4v) is 3.26. The molecule has 1 heterocycles. The number of carbonyl (C=O) groups is 2. The summed E-state index contributed by atoms with van der Waals surface area (Å²) in [6.07, 6.45) is 4.87. The van der Waals surface area contributed by atoms with Gasteiger partial charge in [0.05, 0.1) is 13.1 Å². The highest BCUT2D eigenvalue weighted by atomic mass is 16.2. The van der Waals surface area contributed by atoms with Crippen LogP contribution in [-0.4, -0.2) is 35.8 Å². The molecule has 4 heteroatoms. The lowest BCUT2D eigenvalue weighted by atomic mass is 9.77. The molecule has 0 aromatic heterocycles. The molecular weight excluding hydrogens is 216 g/mol. The van der Waals surface area contributed by atoms with Gasteiger partial charge in [-0.1, -0.05) is 26.7 Å². The Balaban J connectivity index is 2.07. The quantitative estimate of drug-likeness (QED) is 0.734. The van der Waals surface area contributed by atoms with Crippen LogP contribution in [0.15, 0.2) is 0 Å². The normalized spacial score (nSPS) is 31.7. The summed E-state index contributed by atoms with van der Waals surface area (Å²) in [6, 6.07) is 0.416. The Kier molecular flexibility index (Phi) is 3.82. The summed E-state index contributed by atoms with van der Waals surface area (Å²) < 4.78 is 0. The molecule has 2 amide bonds. The van der Waals surface area contributed by atoms with Gasteiger partial charge >= 0.3 is 0 Å². The first-order chi connectivity index (χ1) is 8.08. The second kappa shape index (κ2) is 5.17. The maximum atomic E-state index is 11.4. The molecule has 0 aromatic rings. The van der Waals surface area contributed by atoms with Crippen molar-refractivity contribution in [2.24, 2.45) is 11.8 Å². The molecule has 0 aromatic carbocycles. The summed E-state index contributed by atoms with van der Waals surface area (Å²) in [6.45, 7) is 5.27. The van der Waals surface area contributed by atoms with Crippen molar-refractivity contribution in [3.05, 3.63) is 0 Å². The van der Waals surface area contributed by atoms with Gasteiger partial charge in [-0.2, -0.15) is 0 Å². The Morgan fingerprint density at radius 1 is 1.12 bits per heavy atom. The lowest BCUT2D eigenvalue weighted by Crippen LogP contribution is -2.57. The zero-order valence-electron chi connectivity index (χ0n) is 10.7. The van der Waals surface area contributed by atoms with Crippen LogP contribution in [0.4, 0.5) is 0 Å². The summed E-state index contributed by atoms with van der Waals surface area (Å²) in [5, 5.41) is 2.37. The molecule has 2 atom stereocenters. The van der Waals surface area contributed by atoms with Crippen LogP contribution >= 0.6 is 0 Å². The van der Waals surface area contributed by atoms with Crippen molar-refractivity contribution in [2.45, 2.75) is 45.6 Å². The van der Waals surface area contributed by atoms with Crippen LogP contribution < -0.4 is 5.32 Å². The van der Waals surface area contributed by atoms with Gasteiger partial charge in [-0.3, -0.25) is 19.8 Å². The molecule has 1 aliphatic heterocycles. The van der Waals surface area contributed by atoms with Gasteiger partial charge in [-0.25, -0.2) is 0 Å². The Labute approximate surface area is 103 Å². The number of hydrogen-bond acceptors (Lipinski definition) is 3. The molecule has 4 nitrogen and oxygen atoms in total. The molecule has 1 saturated carbocycles. The van der Waals surface area contributed by atoms with Crippen molar-refractivity contribution < 1.29 is 9.59 Å². The van der Waals surface area contributed by atoms with Crippen molar-refractivity contribution >= 4 is 11.8 Å². The average molecular weight is 238 g/mol. The fourth-order valence-electron chi connectivity index (χ4n) is 3.26. The first-order valence-electron chi connectivity index (χ1n) is 6.64. The van der Waals surface area contributed by atoms with E-state index in [1.54, 1.807) is 0 Å². The predicted octanol–water partition coefficient (Wildman–Crippen LogP) is 1.16. The van der Waals surface area contributed by atoms with Crippen LogP contribution in [0.5, 0.6) is 0 Å². The molecule has 17 heavy (non-hydrogen) atoms. The third-order valence-corrected chi connectivity index (χ3v) is 4.08. The maximum Gasteiger partial charge on any atom is 0.240 e. The van der Waals surface area contributed by atoms with Crippen molar-refractivity contribution in [2.75, 3.05) is 13.1 Å². The number of carbonyl (C=O) groups excluding carboxylic acids is 2. The zero-order valence-corrected chi connectivity index (χ0v) is 10.7. The van der Waals surface area contributed by atoms with Gasteiger partial charge in [0.25, 0.3) is 0 Å². The van der Waals surface area contributed by atoms with Gasteiger partial charge in [0, 0.05) is 6.04 Å². The summed E-state index contributed by atoms with van der Waals surface area (Å²) in [5.41, 5.74) is 0. The minimum atomic E-state index is -0.144. The van der Waals surface area contributed by atoms with E-state index in [1.807, 2.05) is 0 Å². The van der Waals surface area contributed by atoms with E-state index in [2.05, 4.69) is 24.1 Å². The molecular formula is C13H22N2O2. The number of nitrogens with one attached hydrogen (secondary N) is 1. The van der Waals surface area contributed by atoms with Gasteiger partial charge in [-0.15, -0.1) is 0 Å². The standard InChI is InChI=1S/C13H22N2O2/c1-9(2)10-5-3-4-6-11(10)15-7-12(16)14-13(17)8-15/h9-11H,3-8H2,1-2H3,(H,14,16,17). The van der Waals surface area contributed by atoms with Crippen LogP contribution in [0.1, 0.15) is 39.5 Å². The number of nitrogens with zero attached hydrogens (tertiary/aromatic N) is 1. The Hall–Kier alpha value is -0.900. The summed E-state index contributed by atoms with van der Waals surface area (Å²) in [7, 11) is 0. The van der Waals surface area contributed by atoms with Gasteiger partial charge in [0.2, 0.25) is 11.8 Å². The first-order valence-corrected chi connectivity index (χ1v) is 6.64. The molecule has 1 saturated heterocycles. The fraction of sp³-hybridized carbons (Fsp3) is 0.846. The van der Waals surface area contributed by atoms with Crippen molar-refractivity contribution in [1.29, 1.82) is 0 Å². The van der Waals surface area contributed by atoms with Crippen LogP contribution in [0, 0.1) is 11.8 Å². The Morgan fingerprint density at radius 3 is 2.29 bits per heavy atom. The number of amides is 2. The minimum Gasteiger partial charge on any atom is -0.294 e. The SMILES string of the molecule is CC(C)C1CCCCC1N1CC(=O)NC(=O)C1. The topological polar surface area (TPSA) is 49.4 Å². The predicted molar refractivity (Wildman–Crippen MR) is 65.3 cm³/mol. The highest BCUT2D eigenvalue weighted by Gasteiger charge is 2.35. The third-order valence-electron chi connectivity index (χ3n) is 4.08. The Bertz CT molecular complexity index is 299. The summed E-state index contributed by atoms with van der Waals surface area (Å²) in [4.78, 5) is 24.9. The molecule has 2 rings (SSSR count). The van der Waals surface area contributed by atoms with E-state index < -0.39 is 0 Å². The number of hydrogen-bond donors (Lipinski definition) is 1. The van der Waals surface area contributed by atoms with Crippen molar-refractivity contribution in [3.8, 4) is 0 Å². The van der Waals surface area contributed by atoms with Crippen LogP contribution in [0.3, 0.4) is 0 Å². The highest BCUT2D eigenvalue weighted by molar-refractivity contribution is 5.99. The van der Waals surface area contributed by atoms with Crippen LogP contribution in [0.2, 0.25) is 0 Å². The second-order valence-electron chi connectivity index (χ2n) is 5.64. The van der Waals surface area contributed by atoms with E-state index in [1.165, 1.54) is 19.3 Å². The van der Waals surface area contributed by atoms with Crippen molar-refractivity contribution in [3.63, 3.8) is 0 Å². The smallest absolute Gasteiger partial charge is 0.240 e. The molecule has 0 radical (unpaired) electrons. The van der Waals surface area contributed by atoms with E-state index in [4.69, 9.17) is 0 Å². The number of imide groups is 1. The second-order valence-corrected chi connectivity index (χ2v) is 5.64. The molecule has 2 unspecified atom stereocenters. The molecule has 0 spiro atoms. The lowest BCUT2D eigenvalue weighted by Gasteiger charge is -2.42. The third kappa shape index (κ3) is 2.86. The largest absolute Gasteiger partial charge is 0.294 e. The zero-order chi connectivity index (χ0) is 12.4. The number of rotatable bonds is 2. The van der Waals surface area contributed by atoms with Crippen LogP contribution in [-0.2, 0) is 9.59 Å². The molecule has 2 fully saturated rings. The number of piperazine rings is 1. The monoisotopic (exact) mass is 238 g/mol. The van der Waals surface area contributed by atoms with Gasteiger partial charge in [-0.05, 0) is 24.7 Å². The average Bonchev–Trinajstić information content (AvgIpc) is 2.27. The van der Waals surface area contributed by atoms with Gasteiger partial charge < -0.3 is 0 Å². The molecule has 0 bridgehead atoms.